The van der Waals surface area contributed by atoms with Gasteiger partial charge < -0.3 is 22.3 Å². The summed E-state index contributed by atoms with van der Waals surface area (Å²) >= 11 is 6.26. The molecule has 2 aromatic heterocycles. The van der Waals surface area contributed by atoms with Gasteiger partial charge in [-0.1, -0.05) is 67.0 Å². The first-order chi connectivity index (χ1) is 15.5. The number of aromatic nitrogens is 4. The molecule has 33 heavy (non-hydrogen) atoms. The summed E-state index contributed by atoms with van der Waals surface area (Å²) in [6.45, 7) is 18.8. The van der Waals surface area contributed by atoms with E-state index in [1.54, 1.807) is 6.33 Å². The van der Waals surface area contributed by atoms with Gasteiger partial charge in [-0.05, 0) is 22.2 Å². The maximum absolute atomic E-state index is 7.30. The third-order valence-corrected chi connectivity index (χ3v) is 17.8. The molecule has 0 aromatic carbocycles. The van der Waals surface area contributed by atoms with Crippen molar-refractivity contribution in [2.45, 2.75) is 95.8 Å². The zero-order valence-corrected chi connectivity index (χ0v) is 23.7. The lowest BCUT2D eigenvalue weighted by Gasteiger charge is -2.51. The number of halogens is 1. The number of hydrogen-bond acceptors (Lipinski definition) is 7. The van der Waals surface area contributed by atoms with E-state index in [1.165, 1.54) is 6.33 Å². The molecule has 4 rings (SSSR count). The quantitative estimate of drug-likeness (QED) is 0.393. The van der Waals surface area contributed by atoms with Gasteiger partial charge in [0.05, 0.1) is 31.7 Å². The molecule has 2 aromatic rings. The molecule has 0 bridgehead atoms. The molecule has 0 N–H and O–H groups in total. The Bertz CT molecular complexity index is 970. The number of rotatable bonds is 5. The average Bonchev–Trinajstić information content (AvgIpc) is 3.31. The SMILES string of the molecule is CC(C)[Si]1(C(C)C)OC[C@H]2OC[C@@H](n3cnc4c(Cl)ncnc43)[C@@H]2O[Si](C(C)C)(C(C)C)O1. The first-order valence-electron chi connectivity index (χ1n) is 12.0. The molecule has 4 heterocycles. The fourth-order valence-corrected chi connectivity index (χ4v) is 16.8. The van der Waals surface area contributed by atoms with Crippen molar-refractivity contribution in [2.24, 2.45) is 0 Å². The van der Waals surface area contributed by atoms with Crippen molar-refractivity contribution < 1.29 is 17.7 Å². The zero-order valence-electron chi connectivity index (χ0n) is 20.9. The molecule has 0 saturated carbocycles. The molecule has 2 saturated heterocycles. The Kier molecular flexibility index (Phi) is 7.10. The lowest BCUT2D eigenvalue weighted by atomic mass is 10.1. The van der Waals surface area contributed by atoms with Gasteiger partial charge in [-0.25, -0.2) is 15.0 Å². The van der Waals surface area contributed by atoms with E-state index in [9.17, 15) is 0 Å². The first-order valence-corrected chi connectivity index (χ1v) is 16.3. The second kappa shape index (κ2) is 9.29. The molecular weight excluding hydrogens is 476 g/mol. The van der Waals surface area contributed by atoms with Crippen LogP contribution >= 0.6 is 11.6 Å². The van der Waals surface area contributed by atoms with Crippen LogP contribution in [-0.4, -0.2) is 62.1 Å². The molecule has 0 spiro atoms. The molecular formula is C22H37ClN4O4Si2. The summed E-state index contributed by atoms with van der Waals surface area (Å²) in [6, 6.07) is -0.102. The standard InChI is InChI=1S/C22H37ClN4O4Si2/c1-13(2)32(14(3)4)29-10-18-20(30-33(31-32,15(5)6)16(7)8)17(9-28-18)27-12-26-19-21(23)24-11-25-22(19)27/h11-18,20H,9-10H2,1-8H3/t17-,18-,20+/m1/s1. The van der Waals surface area contributed by atoms with Crippen LogP contribution < -0.4 is 0 Å². The van der Waals surface area contributed by atoms with Crippen LogP contribution in [-0.2, 0) is 17.7 Å². The highest BCUT2D eigenvalue weighted by molar-refractivity contribution is 6.84. The first kappa shape index (κ1) is 25.2. The van der Waals surface area contributed by atoms with Gasteiger partial charge in [-0.2, -0.15) is 0 Å². The molecule has 0 aliphatic carbocycles. The highest BCUT2D eigenvalue weighted by atomic mass is 35.5. The normalized spacial score (nSPS) is 27.5. The van der Waals surface area contributed by atoms with E-state index in [2.05, 4.69) is 70.3 Å². The van der Waals surface area contributed by atoms with Crippen molar-refractivity contribution in [3.8, 4) is 0 Å². The smallest absolute Gasteiger partial charge is 0.335 e. The molecule has 2 aliphatic rings. The van der Waals surface area contributed by atoms with Crippen LogP contribution in [0.2, 0.25) is 27.3 Å². The predicted molar refractivity (Wildman–Crippen MR) is 133 cm³/mol. The number of hydrogen-bond donors (Lipinski definition) is 0. The van der Waals surface area contributed by atoms with E-state index in [0.29, 0.717) is 40.6 Å². The minimum atomic E-state index is -2.74. The summed E-state index contributed by atoms with van der Waals surface area (Å²) < 4.78 is 29.7. The summed E-state index contributed by atoms with van der Waals surface area (Å²) in [5, 5.41) is 0.345. The van der Waals surface area contributed by atoms with Crippen LogP contribution in [0.4, 0.5) is 0 Å². The van der Waals surface area contributed by atoms with Gasteiger partial charge in [-0.3, -0.25) is 0 Å². The minimum absolute atomic E-state index is 0.102. The fraction of sp³-hybridized carbons (Fsp3) is 0.773. The number of nitrogens with zero attached hydrogens (tertiary/aromatic N) is 4. The van der Waals surface area contributed by atoms with E-state index >= 15 is 0 Å². The third kappa shape index (κ3) is 4.11. The Morgan fingerprint density at radius 3 is 2.15 bits per heavy atom. The van der Waals surface area contributed by atoms with E-state index in [1.807, 2.05) is 4.57 Å². The molecule has 0 unspecified atom stereocenters. The number of fused-ring (bicyclic) bond motifs is 2. The molecule has 11 heteroatoms. The Balaban J connectivity index is 1.79. The molecule has 3 atom stereocenters. The average molecular weight is 513 g/mol. The van der Waals surface area contributed by atoms with Crippen LogP contribution in [0.25, 0.3) is 11.2 Å². The summed E-state index contributed by atoms with van der Waals surface area (Å²) in [7, 11) is -5.32. The lowest BCUT2D eigenvalue weighted by molar-refractivity contribution is -0.0221. The van der Waals surface area contributed by atoms with Crippen LogP contribution in [0, 0.1) is 0 Å². The number of ether oxygens (including phenoxy) is 1. The summed E-state index contributed by atoms with van der Waals surface area (Å²) in [5.41, 5.74) is 2.38. The van der Waals surface area contributed by atoms with Gasteiger partial charge in [0, 0.05) is 0 Å². The second-order valence-corrected chi connectivity index (χ2v) is 19.7. The Labute approximate surface area is 203 Å². The van der Waals surface area contributed by atoms with Gasteiger partial charge in [-0.15, -0.1) is 0 Å². The van der Waals surface area contributed by atoms with Crippen LogP contribution in [0.1, 0.15) is 61.4 Å². The van der Waals surface area contributed by atoms with Crippen molar-refractivity contribution in [1.29, 1.82) is 0 Å². The topological polar surface area (TPSA) is 80.5 Å². The molecule has 0 amide bonds. The van der Waals surface area contributed by atoms with Crippen molar-refractivity contribution in [3.05, 3.63) is 17.8 Å². The number of imidazole rings is 1. The monoisotopic (exact) mass is 512 g/mol. The Morgan fingerprint density at radius 1 is 0.909 bits per heavy atom. The van der Waals surface area contributed by atoms with Crippen molar-refractivity contribution in [2.75, 3.05) is 13.2 Å². The van der Waals surface area contributed by atoms with Crippen molar-refractivity contribution >= 4 is 39.9 Å². The fourth-order valence-electron chi connectivity index (χ4n) is 5.40. The molecule has 2 aliphatic heterocycles. The Morgan fingerprint density at radius 2 is 1.55 bits per heavy atom. The summed E-state index contributed by atoms with van der Waals surface area (Å²) in [4.78, 5) is 13.0. The van der Waals surface area contributed by atoms with Gasteiger partial charge in [0.1, 0.15) is 17.9 Å². The maximum atomic E-state index is 7.30. The third-order valence-electron chi connectivity index (χ3n) is 7.23. The Hall–Kier alpha value is -0.886. The molecule has 2 fully saturated rings. The highest BCUT2D eigenvalue weighted by Crippen LogP contribution is 2.48. The summed E-state index contributed by atoms with van der Waals surface area (Å²) in [5.74, 6) is 0. The van der Waals surface area contributed by atoms with Crippen molar-refractivity contribution in [1.82, 2.24) is 19.5 Å². The maximum Gasteiger partial charge on any atom is 0.335 e. The van der Waals surface area contributed by atoms with Gasteiger partial charge >= 0.3 is 17.1 Å². The van der Waals surface area contributed by atoms with Crippen LogP contribution in [0.5, 0.6) is 0 Å². The molecule has 0 radical (unpaired) electrons. The van der Waals surface area contributed by atoms with Crippen LogP contribution in [0.3, 0.4) is 0 Å². The van der Waals surface area contributed by atoms with Crippen LogP contribution in [0.15, 0.2) is 12.7 Å². The second-order valence-electron chi connectivity index (χ2n) is 10.5. The minimum Gasteiger partial charge on any atom is -0.414 e. The van der Waals surface area contributed by atoms with E-state index in [4.69, 9.17) is 29.3 Å². The zero-order chi connectivity index (χ0) is 24.1. The largest absolute Gasteiger partial charge is 0.414 e. The lowest BCUT2D eigenvalue weighted by Crippen LogP contribution is -2.65. The van der Waals surface area contributed by atoms with Gasteiger partial charge in [0.25, 0.3) is 0 Å². The molecule has 184 valence electrons. The van der Waals surface area contributed by atoms with Crippen molar-refractivity contribution in [3.63, 3.8) is 0 Å². The molecule has 8 nitrogen and oxygen atoms in total. The van der Waals surface area contributed by atoms with E-state index < -0.39 is 17.1 Å². The van der Waals surface area contributed by atoms with Gasteiger partial charge in [0.2, 0.25) is 0 Å². The summed E-state index contributed by atoms with van der Waals surface area (Å²) in [6.07, 6.45) is 2.83. The van der Waals surface area contributed by atoms with E-state index in [0.717, 1.165) is 0 Å². The van der Waals surface area contributed by atoms with Gasteiger partial charge in [0.15, 0.2) is 10.8 Å². The van der Waals surface area contributed by atoms with E-state index in [-0.39, 0.29) is 29.3 Å². The predicted octanol–water partition coefficient (Wildman–Crippen LogP) is 5.38. The highest BCUT2D eigenvalue weighted by Gasteiger charge is 2.60.